The van der Waals surface area contributed by atoms with Crippen LogP contribution in [0.2, 0.25) is 0 Å². The molecule has 3 amide bonds. The molecule has 0 spiro atoms. The molecular formula is C17H32N4O6S. The largest absolute Gasteiger partial charge is 0.480 e. The quantitative estimate of drug-likeness (QED) is 0.188. The number of carbonyl (C=O) groups is 4. The Hall–Kier alpha value is -1.85. The molecule has 5 atom stereocenters. The molecule has 0 rings (SSSR count). The van der Waals surface area contributed by atoms with E-state index in [9.17, 15) is 19.2 Å². The van der Waals surface area contributed by atoms with Gasteiger partial charge in [0.05, 0.1) is 12.6 Å². The van der Waals surface area contributed by atoms with Gasteiger partial charge in [0.15, 0.2) is 0 Å². The average molecular weight is 421 g/mol. The number of carboxylic acid groups (broad SMARTS) is 1. The number of hydrogen-bond donors (Lipinski definition) is 7. The minimum atomic E-state index is -1.50. The monoisotopic (exact) mass is 420 g/mol. The zero-order chi connectivity index (χ0) is 22.0. The van der Waals surface area contributed by atoms with E-state index in [1.165, 1.54) is 0 Å². The van der Waals surface area contributed by atoms with Crippen LogP contribution >= 0.6 is 12.6 Å². The molecule has 0 fully saturated rings. The summed E-state index contributed by atoms with van der Waals surface area (Å²) in [5.74, 6) is -3.79. The maximum absolute atomic E-state index is 12.6. The molecule has 0 aliphatic rings. The average Bonchev–Trinajstić information content (AvgIpc) is 2.65. The predicted octanol–water partition coefficient (Wildman–Crippen LogP) is -1.52. The summed E-state index contributed by atoms with van der Waals surface area (Å²) in [5, 5.41) is 25.1. The summed E-state index contributed by atoms with van der Waals surface area (Å²) in [5.41, 5.74) is 5.89. The third-order valence-electron chi connectivity index (χ3n) is 4.42. The number of nitrogens with one attached hydrogen (secondary N) is 3. The van der Waals surface area contributed by atoms with Gasteiger partial charge < -0.3 is 31.9 Å². The summed E-state index contributed by atoms with van der Waals surface area (Å²) in [6.07, 6.45) is 0.699. The van der Waals surface area contributed by atoms with Gasteiger partial charge in [0, 0.05) is 5.75 Å². The fourth-order valence-electron chi connectivity index (χ4n) is 2.21. The number of aliphatic carboxylic acids is 1. The number of aliphatic hydroxyl groups excluding tert-OH is 1. The van der Waals surface area contributed by atoms with Gasteiger partial charge in [0.1, 0.15) is 18.1 Å². The summed E-state index contributed by atoms with van der Waals surface area (Å²) >= 11 is 4.00. The first kappa shape index (κ1) is 26.1. The highest BCUT2D eigenvalue weighted by Crippen LogP contribution is 2.08. The summed E-state index contributed by atoms with van der Waals surface area (Å²) in [6.45, 7) is 6.38. The molecule has 10 nitrogen and oxygen atoms in total. The molecule has 0 aromatic heterocycles. The van der Waals surface area contributed by atoms with Crippen LogP contribution < -0.4 is 21.7 Å². The van der Waals surface area contributed by atoms with E-state index in [0.717, 1.165) is 0 Å². The van der Waals surface area contributed by atoms with Gasteiger partial charge in [0.25, 0.3) is 0 Å². The SMILES string of the molecule is CCC(C)C(N)C(=O)NC(C(=O)NC(CS)C(=O)NC(CO)C(=O)O)C(C)C. The second-order valence-corrected chi connectivity index (χ2v) is 7.33. The Kier molecular flexibility index (Phi) is 11.7. The number of rotatable bonds is 12. The van der Waals surface area contributed by atoms with E-state index < -0.39 is 54.5 Å². The van der Waals surface area contributed by atoms with Crippen LogP contribution in [-0.2, 0) is 19.2 Å². The Bertz CT molecular complexity index is 560. The highest BCUT2D eigenvalue weighted by atomic mass is 32.1. The van der Waals surface area contributed by atoms with Crippen LogP contribution in [0.5, 0.6) is 0 Å². The lowest BCUT2D eigenvalue weighted by molar-refractivity contribution is -0.143. The van der Waals surface area contributed by atoms with E-state index >= 15 is 0 Å². The van der Waals surface area contributed by atoms with Crippen LogP contribution in [0, 0.1) is 11.8 Å². The molecule has 162 valence electrons. The fourth-order valence-corrected chi connectivity index (χ4v) is 2.47. The van der Waals surface area contributed by atoms with Crippen molar-refractivity contribution in [1.29, 1.82) is 0 Å². The van der Waals surface area contributed by atoms with E-state index in [2.05, 4.69) is 28.6 Å². The number of thiol groups is 1. The van der Waals surface area contributed by atoms with Crippen molar-refractivity contribution in [2.75, 3.05) is 12.4 Å². The molecule has 0 saturated carbocycles. The van der Waals surface area contributed by atoms with Crippen molar-refractivity contribution in [2.24, 2.45) is 17.6 Å². The highest BCUT2D eigenvalue weighted by molar-refractivity contribution is 7.80. The first-order chi connectivity index (χ1) is 13.0. The van der Waals surface area contributed by atoms with Crippen LogP contribution in [-0.4, -0.2) is 70.4 Å². The second kappa shape index (κ2) is 12.6. The van der Waals surface area contributed by atoms with Gasteiger partial charge in [-0.1, -0.05) is 34.1 Å². The topological polar surface area (TPSA) is 171 Å². The third kappa shape index (κ3) is 8.03. The Morgan fingerprint density at radius 2 is 1.50 bits per heavy atom. The van der Waals surface area contributed by atoms with Gasteiger partial charge in [-0.25, -0.2) is 4.79 Å². The number of carbonyl (C=O) groups excluding carboxylic acids is 3. The first-order valence-electron chi connectivity index (χ1n) is 9.11. The van der Waals surface area contributed by atoms with E-state index in [1.54, 1.807) is 13.8 Å². The van der Waals surface area contributed by atoms with Gasteiger partial charge in [-0.05, 0) is 11.8 Å². The van der Waals surface area contributed by atoms with Crippen LogP contribution in [0.3, 0.4) is 0 Å². The molecule has 7 N–H and O–H groups in total. The summed E-state index contributed by atoms with van der Waals surface area (Å²) in [6, 6.07) is -4.36. The van der Waals surface area contributed by atoms with Crippen LogP contribution in [0.15, 0.2) is 0 Å². The lowest BCUT2D eigenvalue weighted by Gasteiger charge is -2.27. The van der Waals surface area contributed by atoms with Crippen LogP contribution in [0.25, 0.3) is 0 Å². The zero-order valence-corrected chi connectivity index (χ0v) is 17.5. The van der Waals surface area contributed by atoms with Crippen LogP contribution in [0.4, 0.5) is 0 Å². The Labute approximate surface area is 170 Å². The Balaban J connectivity index is 5.12. The molecule has 11 heteroatoms. The minimum absolute atomic E-state index is 0.0710. The van der Waals surface area contributed by atoms with Gasteiger partial charge >= 0.3 is 5.97 Å². The summed E-state index contributed by atoms with van der Waals surface area (Å²) in [7, 11) is 0. The van der Waals surface area contributed by atoms with Crippen molar-refractivity contribution in [2.45, 2.75) is 58.3 Å². The van der Waals surface area contributed by atoms with Crippen molar-refractivity contribution in [3.63, 3.8) is 0 Å². The highest BCUT2D eigenvalue weighted by Gasteiger charge is 2.31. The standard InChI is InChI=1S/C17H32N4O6S/c1-5-9(4)12(18)15(24)21-13(8(2)3)16(25)20-11(7-28)14(23)19-10(6-22)17(26)27/h8-13,22,28H,5-7,18H2,1-4H3,(H,19,23)(H,20,25)(H,21,24)(H,26,27). The lowest BCUT2D eigenvalue weighted by Crippen LogP contribution is -2.59. The smallest absolute Gasteiger partial charge is 0.328 e. The first-order valence-corrected chi connectivity index (χ1v) is 9.74. The Morgan fingerprint density at radius 3 is 1.89 bits per heavy atom. The summed E-state index contributed by atoms with van der Waals surface area (Å²) in [4.78, 5) is 48.0. The predicted molar refractivity (Wildman–Crippen MR) is 107 cm³/mol. The molecular weight excluding hydrogens is 388 g/mol. The molecule has 0 aromatic rings. The Morgan fingerprint density at radius 1 is 0.964 bits per heavy atom. The van der Waals surface area contributed by atoms with Gasteiger partial charge in [-0.2, -0.15) is 12.6 Å². The molecule has 0 bridgehead atoms. The zero-order valence-electron chi connectivity index (χ0n) is 16.6. The van der Waals surface area contributed by atoms with Crippen molar-refractivity contribution in [1.82, 2.24) is 16.0 Å². The van der Waals surface area contributed by atoms with Crippen molar-refractivity contribution >= 4 is 36.3 Å². The van der Waals surface area contributed by atoms with E-state index in [4.69, 9.17) is 15.9 Å². The van der Waals surface area contributed by atoms with Crippen molar-refractivity contribution in [3.8, 4) is 0 Å². The normalized spacial score (nSPS) is 16.4. The molecule has 0 aliphatic carbocycles. The number of nitrogens with two attached hydrogens (primary N) is 1. The van der Waals surface area contributed by atoms with E-state index in [-0.39, 0.29) is 17.6 Å². The lowest BCUT2D eigenvalue weighted by atomic mass is 9.97. The second-order valence-electron chi connectivity index (χ2n) is 6.97. The van der Waals surface area contributed by atoms with Crippen molar-refractivity contribution < 1.29 is 29.4 Å². The van der Waals surface area contributed by atoms with Crippen molar-refractivity contribution in [3.05, 3.63) is 0 Å². The molecule has 0 heterocycles. The maximum Gasteiger partial charge on any atom is 0.328 e. The molecule has 28 heavy (non-hydrogen) atoms. The van der Waals surface area contributed by atoms with E-state index in [0.29, 0.717) is 6.42 Å². The van der Waals surface area contributed by atoms with Gasteiger partial charge in [-0.3, -0.25) is 14.4 Å². The molecule has 0 aromatic carbocycles. The number of aliphatic hydroxyl groups is 1. The number of hydrogen-bond acceptors (Lipinski definition) is 7. The maximum atomic E-state index is 12.6. The third-order valence-corrected chi connectivity index (χ3v) is 4.78. The fraction of sp³-hybridized carbons (Fsp3) is 0.765. The van der Waals surface area contributed by atoms with Gasteiger partial charge in [-0.15, -0.1) is 0 Å². The number of amides is 3. The van der Waals surface area contributed by atoms with Gasteiger partial charge in [0.2, 0.25) is 17.7 Å². The molecule has 0 aliphatic heterocycles. The number of carboxylic acids is 1. The summed E-state index contributed by atoms with van der Waals surface area (Å²) < 4.78 is 0. The van der Waals surface area contributed by atoms with E-state index in [1.807, 2.05) is 13.8 Å². The van der Waals surface area contributed by atoms with Crippen LogP contribution in [0.1, 0.15) is 34.1 Å². The molecule has 5 unspecified atom stereocenters. The minimum Gasteiger partial charge on any atom is -0.480 e. The molecule has 0 radical (unpaired) electrons. The molecule has 0 saturated heterocycles.